The summed E-state index contributed by atoms with van der Waals surface area (Å²) in [6.07, 6.45) is 4.70. The van der Waals surface area contributed by atoms with Gasteiger partial charge in [0, 0.05) is 12.4 Å². The van der Waals surface area contributed by atoms with Crippen LogP contribution in [0.25, 0.3) is 0 Å². The molecule has 0 aliphatic rings. The minimum atomic E-state index is -0.399. The largest absolute Gasteiger partial charge is 0.342 e. The maximum atomic E-state index is 10.5. The zero-order valence-electron chi connectivity index (χ0n) is 6.24. The monoisotopic (exact) mass is 137 g/mol. The van der Waals surface area contributed by atoms with E-state index < -0.39 is 5.54 Å². The van der Waals surface area contributed by atoms with Crippen molar-refractivity contribution in [2.24, 2.45) is 0 Å². The fourth-order valence-electron chi connectivity index (χ4n) is 0.780. The van der Waals surface area contributed by atoms with Crippen molar-refractivity contribution < 1.29 is 4.79 Å². The molecule has 0 unspecified atom stereocenters. The molecule has 54 valence electrons. The summed E-state index contributed by atoms with van der Waals surface area (Å²) in [7, 11) is 0. The Morgan fingerprint density at radius 1 is 1.30 bits per heavy atom. The van der Waals surface area contributed by atoms with Crippen LogP contribution in [0.3, 0.4) is 0 Å². The SMILES string of the molecule is CC(C)(C=O)n1cccc1. The third kappa shape index (κ3) is 1.10. The Balaban J connectivity index is 2.95. The zero-order valence-corrected chi connectivity index (χ0v) is 6.24. The molecule has 1 heterocycles. The van der Waals surface area contributed by atoms with Gasteiger partial charge in [-0.25, -0.2) is 0 Å². The number of carbonyl (C=O) groups is 1. The lowest BCUT2D eigenvalue weighted by Gasteiger charge is -2.18. The fraction of sp³-hybridized carbons (Fsp3) is 0.375. The predicted molar refractivity (Wildman–Crippen MR) is 39.8 cm³/mol. The number of aromatic nitrogens is 1. The first kappa shape index (κ1) is 7.06. The third-order valence-corrected chi connectivity index (χ3v) is 1.56. The van der Waals surface area contributed by atoms with E-state index in [1.807, 2.05) is 42.9 Å². The van der Waals surface area contributed by atoms with Crippen LogP contribution in [0.4, 0.5) is 0 Å². The second-order valence-corrected chi connectivity index (χ2v) is 2.86. The van der Waals surface area contributed by atoms with Gasteiger partial charge in [-0.3, -0.25) is 0 Å². The van der Waals surface area contributed by atoms with Gasteiger partial charge in [-0.15, -0.1) is 0 Å². The van der Waals surface area contributed by atoms with Gasteiger partial charge < -0.3 is 9.36 Å². The molecule has 0 spiro atoms. The van der Waals surface area contributed by atoms with Crippen LogP contribution < -0.4 is 0 Å². The van der Waals surface area contributed by atoms with Crippen molar-refractivity contribution in [2.75, 3.05) is 0 Å². The third-order valence-electron chi connectivity index (χ3n) is 1.56. The summed E-state index contributed by atoms with van der Waals surface area (Å²) < 4.78 is 1.88. The highest BCUT2D eigenvalue weighted by atomic mass is 16.1. The molecule has 0 atom stereocenters. The summed E-state index contributed by atoms with van der Waals surface area (Å²) in [6.45, 7) is 3.75. The van der Waals surface area contributed by atoms with Gasteiger partial charge in [0.2, 0.25) is 0 Å². The molecule has 1 aromatic heterocycles. The summed E-state index contributed by atoms with van der Waals surface area (Å²) in [5.41, 5.74) is -0.399. The van der Waals surface area contributed by atoms with Crippen LogP contribution in [-0.2, 0) is 10.3 Å². The number of hydrogen-bond acceptors (Lipinski definition) is 1. The Labute approximate surface area is 60.5 Å². The minimum Gasteiger partial charge on any atom is -0.342 e. The van der Waals surface area contributed by atoms with Gasteiger partial charge in [0.05, 0.1) is 5.54 Å². The zero-order chi connectivity index (χ0) is 7.61. The second kappa shape index (κ2) is 2.29. The maximum absolute atomic E-state index is 10.5. The highest BCUT2D eigenvalue weighted by Gasteiger charge is 2.16. The van der Waals surface area contributed by atoms with Crippen molar-refractivity contribution in [1.82, 2.24) is 4.57 Å². The summed E-state index contributed by atoms with van der Waals surface area (Å²) >= 11 is 0. The van der Waals surface area contributed by atoms with E-state index >= 15 is 0 Å². The van der Waals surface area contributed by atoms with Crippen LogP contribution in [0.1, 0.15) is 13.8 Å². The normalized spacial score (nSPS) is 11.4. The van der Waals surface area contributed by atoms with Gasteiger partial charge >= 0.3 is 0 Å². The van der Waals surface area contributed by atoms with Crippen LogP contribution in [-0.4, -0.2) is 10.9 Å². The van der Waals surface area contributed by atoms with Crippen molar-refractivity contribution in [1.29, 1.82) is 0 Å². The summed E-state index contributed by atoms with van der Waals surface area (Å²) in [5.74, 6) is 0. The van der Waals surface area contributed by atoms with Gasteiger partial charge in [-0.1, -0.05) is 0 Å². The molecule has 2 heteroatoms. The first-order valence-corrected chi connectivity index (χ1v) is 3.26. The standard InChI is InChI=1S/C8H11NO/c1-8(2,7-10)9-5-3-4-6-9/h3-7H,1-2H3. The molecule has 0 radical (unpaired) electrons. The van der Waals surface area contributed by atoms with E-state index in [4.69, 9.17) is 0 Å². The van der Waals surface area contributed by atoms with Crippen molar-refractivity contribution >= 4 is 6.29 Å². The number of aldehydes is 1. The van der Waals surface area contributed by atoms with Crippen molar-refractivity contribution in [2.45, 2.75) is 19.4 Å². The lowest BCUT2D eigenvalue weighted by molar-refractivity contribution is -0.113. The number of rotatable bonds is 2. The topological polar surface area (TPSA) is 22.0 Å². The van der Waals surface area contributed by atoms with Gasteiger partial charge in [0.25, 0.3) is 0 Å². The van der Waals surface area contributed by atoms with E-state index in [1.54, 1.807) is 0 Å². The van der Waals surface area contributed by atoms with E-state index in [0.717, 1.165) is 6.29 Å². The molecule has 0 N–H and O–H groups in total. The summed E-state index contributed by atoms with van der Waals surface area (Å²) in [6, 6.07) is 3.82. The van der Waals surface area contributed by atoms with Crippen LogP contribution >= 0.6 is 0 Å². The Morgan fingerprint density at radius 2 is 1.80 bits per heavy atom. The molecule has 10 heavy (non-hydrogen) atoms. The molecule has 1 rings (SSSR count). The highest BCUT2D eigenvalue weighted by molar-refractivity contribution is 5.60. The Bertz CT molecular complexity index is 211. The first-order chi connectivity index (χ1) is 4.67. The lowest BCUT2D eigenvalue weighted by Crippen LogP contribution is -2.26. The van der Waals surface area contributed by atoms with Gasteiger partial charge in [0.1, 0.15) is 6.29 Å². The Morgan fingerprint density at radius 3 is 2.20 bits per heavy atom. The highest BCUT2D eigenvalue weighted by Crippen LogP contribution is 2.10. The molecule has 0 amide bonds. The predicted octanol–water partition coefficient (Wildman–Crippen LogP) is 1.42. The number of hydrogen-bond donors (Lipinski definition) is 0. The summed E-state index contributed by atoms with van der Waals surface area (Å²) in [5, 5.41) is 0. The molecular weight excluding hydrogens is 126 g/mol. The summed E-state index contributed by atoms with van der Waals surface area (Å²) in [4.78, 5) is 10.5. The van der Waals surface area contributed by atoms with E-state index in [2.05, 4.69) is 0 Å². The van der Waals surface area contributed by atoms with E-state index in [1.165, 1.54) is 0 Å². The molecule has 0 bridgehead atoms. The van der Waals surface area contributed by atoms with Crippen LogP contribution in [0.15, 0.2) is 24.5 Å². The molecular formula is C8H11NO. The fourth-order valence-corrected chi connectivity index (χ4v) is 0.780. The molecule has 0 fully saturated rings. The van der Waals surface area contributed by atoms with E-state index in [0.29, 0.717) is 0 Å². The van der Waals surface area contributed by atoms with Gasteiger partial charge in [0.15, 0.2) is 0 Å². The van der Waals surface area contributed by atoms with Crippen LogP contribution in [0.5, 0.6) is 0 Å². The van der Waals surface area contributed by atoms with Crippen molar-refractivity contribution in [3.63, 3.8) is 0 Å². The number of carbonyl (C=O) groups excluding carboxylic acids is 1. The molecule has 0 aromatic carbocycles. The smallest absolute Gasteiger partial charge is 0.145 e. The van der Waals surface area contributed by atoms with Crippen LogP contribution in [0.2, 0.25) is 0 Å². The molecule has 0 saturated heterocycles. The molecule has 0 aliphatic carbocycles. The Kier molecular flexibility index (Phi) is 1.62. The quantitative estimate of drug-likeness (QED) is 0.565. The van der Waals surface area contributed by atoms with Crippen LogP contribution in [0, 0.1) is 0 Å². The second-order valence-electron chi connectivity index (χ2n) is 2.86. The van der Waals surface area contributed by atoms with Crippen molar-refractivity contribution in [3.8, 4) is 0 Å². The average molecular weight is 137 g/mol. The maximum Gasteiger partial charge on any atom is 0.145 e. The minimum absolute atomic E-state index is 0.399. The van der Waals surface area contributed by atoms with E-state index in [9.17, 15) is 4.79 Å². The molecule has 0 saturated carbocycles. The number of nitrogens with zero attached hydrogens (tertiary/aromatic N) is 1. The molecule has 2 nitrogen and oxygen atoms in total. The first-order valence-electron chi connectivity index (χ1n) is 3.26. The Hall–Kier alpha value is -1.05. The lowest BCUT2D eigenvalue weighted by atomic mass is 10.1. The average Bonchev–Trinajstić information content (AvgIpc) is 2.38. The van der Waals surface area contributed by atoms with Crippen molar-refractivity contribution in [3.05, 3.63) is 24.5 Å². The van der Waals surface area contributed by atoms with E-state index in [-0.39, 0.29) is 0 Å². The van der Waals surface area contributed by atoms with Gasteiger partial charge in [-0.05, 0) is 26.0 Å². The molecule has 1 aromatic rings. The molecule has 0 aliphatic heterocycles. The van der Waals surface area contributed by atoms with Gasteiger partial charge in [-0.2, -0.15) is 0 Å².